The number of carbonyl (C=O) groups excluding carboxylic acids is 1. The Morgan fingerprint density at radius 3 is 2.40 bits per heavy atom. The van der Waals surface area contributed by atoms with Crippen LogP contribution in [0.3, 0.4) is 0 Å². The third-order valence-electron chi connectivity index (χ3n) is 7.04. The summed E-state index contributed by atoms with van der Waals surface area (Å²) in [5, 5.41) is 0. The van der Waals surface area contributed by atoms with Gasteiger partial charge in [0, 0.05) is 30.0 Å². The number of alkyl halides is 2. The van der Waals surface area contributed by atoms with Crippen molar-refractivity contribution in [1.82, 2.24) is 9.55 Å². The first-order valence-electron chi connectivity index (χ1n) is 14.9. The topological polar surface area (TPSA) is 79.7 Å². The van der Waals surface area contributed by atoms with Crippen molar-refractivity contribution in [2.45, 2.75) is 57.4 Å². The van der Waals surface area contributed by atoms with Crippen LogP contribution in [0.2, 0.25) is 0 Å². The van der Waals surface area contributed by atoms with Crippen molar-refractivity contribution in [3.63, 3.8) is 0 Å². The molecule has 0 bridgehead atoms. The monoisotopic (exact) mass is 636 g/mol. The average Bonchev–Trinajstić information content (AvgIpc) is 3.39. The van der Waals surface area contributed by atoms with E-state index in [0.717, 1.165) is 41.0 Å². The lowest BCUT2D eigenvalue weighted by atomic mass is 10.0. The van der Waals surface area contributed by atoms with Crippen LogP contribution >= 0.6 is 0 Å². The first-order chi connectivity index (χ1) is 21.8. The van der Waals surface area contributed by atoms with Gasteiger partial charge in [-0.1, -0.05) is 37.3 Å². The van der Waals surface area contributed by atoms with Crippen LogP contribution in [-0.2, 0) is 39.0 Å². The van der Waals surface area contributed by atoms with Crippen LogP contribution in [0.4, 0.5) is 8.78 Å². The van der Waals surface area contributed by atoms with Gasteiger partial charge in [-0.2, -0.15) is 8.78 Å². The Morgan fingerprint density at radius 1 is 0.978 bits per heavy atom. The van der Waals surface area contributed by atoms with Crippen molar-refractivity contribution in [3.05, 3.63) is 102 Å². The van der Waals surface area contributed by atoms with Gasteiger partial charge in [-0.3, -0.25) is 9.00 Å². The van der Waals surface area contributed by atoms with Gasteiger partial charge in [-0.05, 0) is 85.5 Å². The summed E-state index contributed by atoms with van der Waals surface area (Å²) in [5.74, 6) is 0.802. The van der Waals surface area contributed by atoms with Gasteiger partial charge in [0.05, 0.1) is 40.9 Å². The molecule has 0 aliphatic heterocycles. The number of aryl methyl sites for hydroxylation is 2. The Bertz CT molecular complexity index is 1600. The highest BCUT2D eigenvalue weighted by atomic mass is 32.2. The molecule has 0 unspecified atom stereocenters. The lowest BCUT2D eigenvalue weighted by Gasteiger charge is -2.11. The van der Waals surface area contributed by atoms with Crippen LogP contribution in [0.5, 0.6) is 11.5 Å². The number of nitrogens with zero attached hydrogens (tertiary/aromatic N) is 2. The molecular formula is C35H38F2N2O5S. The van der Waals surface area contributed by atoms with Gasteiger partial charge in [-0.15, -0.1) is 0 Å². The molecule has 1 aromatic heterocycles. The van der Waals surface area contributed by atoms with Crippen LogP contribution in [0.1, 0.15) is 42.8 Å². The minimum Gasteiger partial charge on any atom is -0.491 e. The molecule has 45 heavy (non-hydrogen) atoms. The number of ether oxygens (including phenoxy) is 3. The Morgan fingerprint density at radius 2 is 1.71 bits per heavy atom. The smallest absolute Gasteiger partial charge is 0.387 e. The molecule has 0 aliphatic rings. The summed E-state index contributed by atoms with van der Waals surface area (Å²) in [5.41, 5.74) is 4.51. The summed E-state index contributed by atoms with van der Waals surface area (Å²) < 4.78 is 57.0. The maximum Gasteiger partial charge on any atom is 0.387 e. The highest BCUT2D eigenvalue weighted by Gasteiger charge is 2.14. The minimum atomic E-state index is -3.01. The number of hydrogen-bond donors (Lipinski definition) is 0. The molecule has 1 atom stereocenters. The number of carbonyl (C=O) groups is 1. The van der Waals surface area contributed by atoms with Crippen molar-refractivity contribution < 1.29 is 32.0 Å². The summed E-state index contributed by atoms with van der Waals surface area (Å²) in [6.07, 6.45) is 5.65. The normalized spacial score (nSPS) is 12.1. The summed E-state index contributed by atoms with van der Waals surface area (Å²) in [6.45, 7) is 5.35. The zero-order valence-corrected chi connectivity index (χ0v) is 26.5. The summed E-state index contributed by atoms with van der Waals surface area (Å²) >= 11 is 0. The van der Waals surface area contributed by atoms with Crippen LogP contribution in [0, 0.1) is 6.92 Å². The van der Waals surface area contributed by atoms with E-state index in [9.17, 15) is 17.8 Å². The number of halogens is 2. The molecular weight excluding hydrogens is 598 g/mol. The third kappa shape index (κ3) is 9.92. The molecule has 238 valence electrons. The molecule has 0 N–H and O–H groups in total. The summed E-state index contributed by atoms with van der Waals surface area (Å²) in [7, 11) is -1.26. The van der Waals surface area contributed by atoms with E-state index in [4.69, 9.17) is 14.2 Å². The molecule has 4 aromatic rings. The average molecular weight is 637 g/mol. The first-order valence-corrected chi connectivity index (χ1v) is 16.2. The Labute approximate surface area is 265 Å². The third-order valence-corrected chi connectivity index (χ3v) is 8.37. The lowest BCUT2D eigenvalue weighted by molar-refractivity contribution is -0.113. The van der Waals surface area contributed by atoms with E-state index in [1.165, 1.54) is 18.2 Å². The second-order valence-corrected chi connectivity index (χ2v) is 11.7. The summed E-state index contributed by atoms with van der Waals surface area (Å²) in [6, 6.07) is 19.4. The molecule has 0 radical (unpaired) electrons. The molecule has 0 fully saturated rings. The van der Waals surface area contributed by atoms with E-state index in [1.807, 2.05) is 49.6 Å². The molecule has 0 saturated carbocycles. The van der Waals surface area contributed by atoms with Gasteiger partial charge < -0.3 is 18.8 Å². The van der Waals surface area contributed by atoms with E-state index in [0.29, 0.717) is 41.8 Å². The van der Waals surface area contributed by atoms with Crippen LogP contribution < -0.4 is 9.47 Å². The van der Waals surface area contributed by atoms with Crippen molar-refractivity contribution in [2.24, 2.45) is 0 Å². The predicted octanol–water partition coefficient (Wildman–Crippen LogP) is 7.42. The Balaban J connectivity index is 1.41. The largest absolute Gasteiger partial charge is 0.491 e. The standard InChI is InChI=1S/C35H38F2N2O5S/c1-4-18-42-19-20-43-31-13-9-27(10-14-31)28-11-17-34(44-35(36)37)29(22-28)8-12-30(40)21-26-6-15-32(16-7-26)45(41)23-33-25(3)38-24-39(33)5-2/h6-17,22,24,35H,4-5,18-21,23H2,1-3H3/b12-8+/t45-/m0/s1. The molecule has 0 spiro atoms. The van der Waals surface area contributed by atoms with Crippen molar-refractivity contribution in [3.8, 4) is 22.6 Å². The van der Waals surface area contributed by atoms with Gasteiger partial charge in [0.25, 0.3) is 0 Å². The fourth-order valence-corrected chi connectivity index (χ4v) is 5.88. The van der Waals surface area contributed by atoms with Crippen LogP contribution in [-0.4, -0.2) is 46.0 Å². The number of hydrogen-bond acceptors (Lipinski definition) is 6. The second kappa shape index (κ2) is 16.8. The number of benzene rings is 3. The molecule has 3 aromatic carbocycles. The fraction of sp³-hybridized carbons (Fsp3) is 0.314. The van der Waals surface area contributed by atoms with Gasteiger partial charge in [0.15, 0.2) is 5.78 Å². The van der Waals surface area contributed by atoms with Crippen molar-refractivity contribution in [1.29, 1.82) is 0 Å². The molecule has 10 heteroatoms. The first kappa shape index (κ1) is 33.7. The number of allylic oxidation sites excluding steroid dienone is 1. The molecule has 1 heterocycles. The van der Waals surface area contributed by atoms with Crippen LogP contribution in [0.15, 0.2) is 84.0 Å². The molecule has 0 saturated heterocycles. The Kier molecular flexibility index (Phi) is 12.6. The van der Waals surface area contributed by atoms with E-state index in [-0.39, 0.29) is 18.0 Å². The number of imidazole rings is 1. The molecule has 0 amide bonds. The van der Waals surface area contributed by atoms with E-state index < -0.39 is 17.4 Å². The van der Waals surface area contributed by atoms with Gasteiger partial charge in [0.1, 0.15) is 18.1 Å². The SMILES string of the molecule is CCCOCCOc1ccc(-c2ccc(OC(F)F)c(/C=C/C(=O)Cc3ccc([S@@](=O)Cc4c(C)ncn4CC)cc3)c2)cc1. The molecule has 4 rings (SSSR count). The highest BCUT2D eigenvalue weighted by Crippen LogP contribution is 2.30. The van der Waals surface area contributed by atoms with E-state index in [1.54, 1.807) is 42.7 Å². The zero-order chi connectivity index (χ0) is 32.2. The van der Waals surface area contributed by atoms with Gasteiger partial charge >= 0.3 is 6.61 Å². The number of rotatable bonds is 17. The van der Waals surface area contributed by atoms with E-state index in [2.05, 4.69) is 4.98 Å². The fourth-order valence-electron chi connectivity index (χ4n) is 4.65. The lowest BCUT2D eigenvalue weighted by Crippen LogP contribution is -2.06. The maximum atomic E-state index is 13.1. The summed E-state index contributed by atoms with van der Waals surface area (Å²) in [4.78, 5) is 17.8. The quantitative estimate of drug-likeness (QED) is 0.0887. The second-order valence-electron chi connectivity index (χ2n) is 10.3. The van der Waals surface area contributed by atoms with Crippen molar-refractivity contribution >= 4 is 22.7 Å². The van der Waals surface area contributed by atoms with Gasteiger partial charge in [0.2, 0.25) is 0 Å². The number of aromatic nitrogens is 2. The van der Waals surface area contributed by atoms with Crippen LogP contribution in [0.25, 0.3) is 17.2 Å². The molecule has 0 aliphatic carbocycles. The predicted molar refractivity (Wildman–Crippen MR) is 172 cm³/mol. The van der Waals surface area contributed by atoms with E-state index >= 15 is 0 Å². The zero-order valence-electron chi connectivity index (χ0n) is 25.7. The maximum absolute atomic E-state index is 13.1. The van der Waals surface area contributed by atoms with Crippen molar-refractivity contribution in [2.75, 3.05) is 19.8 Å². The number of ketones is 1. The highest BCUT2D eigenvalue weighted by molar-refractivity contribution is 7.84. The minimum absolute atomic E-state index is 0.0312. The Hall–Kier alpha value is -4.15. The van der Waals surface area contributed by atoms with Gasteiger partial charge in [-0.25, -0.2) is 4.98 Å². The molecule has 7 nitrogen and oxygen atoms in total.